The van der Waals surface area contributed by atoms with Crippen LogP contribution in [0.15, 0.2) is 29.2 Å². The van der Waals surface area contributed by atoms with Gasteiger partial charge in [0.1, 0.15) is 0 Å². The molecule has 1 aliphatic rings. The lowest BCUT2D eigenvalue weighted by Crippen LogP contribution is -2.43. The molecule has 0 atom stereocenters. The summed E-state index contributed by atoms with van der Waals surface area (Å²) in [5.74, 6) is -1.14. The molecule has 0 aromatic heterocycles. The van der Waals surface area contributed by atoms with Gasteiger partial charge in [0, 0.05) is 19.6 Å². The lowest BCUT2D eigenvalue weighted by Gasteiger charge is -2.19. The van der Waals surface area contributed by atoms with Gasteiger partial charge in [0.25, 0.3) is 0 Å². The van der Waals surface area contributed by atoms with Crippen molar-refractivity contribution in [3.63, 3.8) is 0 Å². The highest BCUT2D eigenvalue weighted by atomic mass is 32.2. The minimum absolute atomic E-state index is 0.00761. The Morgan fingerprint density at radius 2 is 1.61 bits per heavy atom. The van der Waals surface area contributed by atoms with Crippen LogP contribution < -0.4 is 10.5 Å². The van der Waals surface area contributed by atoms with Crippen LogP contribution in [0.3, 0.4) is 0 Å². The van der Waals surface area contributed by atoms with E-state index in [4.69, 9.17) is 5.14 Å². The fourth-order valence-electron chi connectivity index (χ4n) is 2.47. The standard InChI is InChI=1S/C15H21N3O4S/c16-23(21,22)13-7-5-12(6-8-13)11-17-14(19)15(20)18-9-3-1-2-4-10-18/h5-8H,1-4,9-11H2,(H,17,19)(H2,16,21,22). The van der Waals surface area contributed by atoms with E-state index in [0.717, 1.165) is 25.7 Å². The maximum absolute atomic E-state index is 12.1. The summed E-state index contributed by atoms with van der Waals surface area (Å²) in [7, 11) is -3.73. The number of carbonyl (C=O) groups is 2. The quantitative estimate of drug-likeness (QED) is 0.774. The molecule has 1 aromatic rings. The number of nitrogens with zero attached hydrogens (tertiary/aromatic N) is 1. The maximum atomic E-state index is 12.1. The average molecular weight is 339 g/mol. The topological polar surface area (TPSA) is 110 Å². The molecule has 7 nitrogen and oxygen atoms in total. The summed E-state index contributed by atoms with van der Waals surface area (Å²) < 4.78 is 22.3. The summed E-state index contributed by atoms with van der Waals surface area (Å²) in [6, 6.07) is 5.84. The molecule has 23 heavy (non-hydrogen) atoms. The molecule has 3 N–H and O–H groups in total. The molecule has 1 fully saturated rings. The molecule has 126 valence electrons. The Morgan fingerprint density at radius 1 is 1.04 bits per heavy atom. The van der Waals surface area contributed by atoms with Crippen molar-refractivity contribution in [2.45, 2.75) is 37.1 Å². The summed E-state index contributed by atoms with van der Waals surface area (Å²) in [5.41, 5.74) is 0.689. The molecule has 2 rings (SSSR count). The molecule has 1 aromatic carbocycles. The van der Waals surface area contributed by atoms with Gasteiger partial charge in [-0.25, -0.2) is 13.6 Å². The number of likely N-dealkylation sites (tertiary alicyclic amines) is 1. The maximum Gasteiger partial charge on any atom is 0.311 e. The average Bonchev–Trinajstić information content (AvgIpc) is 2.80. The van der Waals surface area contributed by atoms with Crippen molar-refractivity contribution in [1.82, 2.24) is 10.2 Å². The van der Waals surface area contributed by atoms with Gasteiger partial charge >= 0.3 is 11.8 Å². The molecule has 8 heteroatoms. The zero-order valence-electron chi connectivity index (χ0n) is 12.8. The van der Waals surface area contributed by atoms with E-state index in [-0.39, 0.29) is 11.4 Å². The molecule has 1 saturated heterocycles. The molecule has 2 amide bonds. The van der Waals surface area contributed by atoms with Crippen LogP contribution in [0, 0.1) is 0 Å². The zero-order valence-corrected chi connectivity index (χ0v) is 13.6. The van der Waals surface area contributed by atoms with Crippen LogP contribution in [-0.4, -0.2) is 38.2 Å². The van der Waals surface area contributed by atoms with Crippen LogP contribution in [0.1, 0.15) is 31.2 Å². The van der Waals surface area contributed by atoms with Crippen molar-refractivity contribution >= 4 is 21.8 Å². The van der Waals surface area contributed by atoms with Crippen LogP contribution in [0.4, 0.5) is 0 Å². The Kier molecular flexibility index (Phi) is 5.73. The van der Waals surface area contributed by atoms with E-state index >= 15 is 0 Å². The fourth-order valence-corrected chi connectivity index (χ4v) is 2.99. The van der Waals surface area contributed by atoms with Crippen molar-refractivity contribution in [2.75, 3.05) is 13.1 Å². The molecular weight excluding hydrogens is 318 g/mol. The Hall–Kier alpha value is -1.93. The van der Waals surface area contributed by atoms with Crippen LogP contribution in [0.2, 0.25) is 0 Å². The predicted molar refractivity (Wildman–Crippen MR) is 84.7 cm³/mol. The van der Waals surface area contributed by atoms with E-state index in [1.54, 1.807) is 17.0 Å². The van der Waals surface area contributed by atoms with Gasteiger partial charge in [-0.1, -0.05) is 25.0 Å². The zero-order chi connectivity index (χ0) is 16.9. The first-order chi connectivity index (χ1) is 10.9. The van der Waals surface area contributed by atoms with Crippen molar-refractivity contribution in [2.24, 2.45) is 5.14 Å². The van der Waals surface area contributed by atoms with Crippen LogP contribution in [0.25, 0.3) is 0 Å². The molecule has 0 radical (unpaired) electrons. The molecule has 0 spiro atoms. The number of sulfonamides is 1. The first-order valence-corrected chi connectivity index (χ1v) is 9.11. The van der Waals surface area contributed by atoms with Gasteiger partial charge < -0.3 is 10.2 Å². The van der Waals surface area contributed by atoms with Gasteiger partial charge in [0.05, 0.1) is 4.90 Å². The van der Waals surface area contributed by atoms with E-state index in [1.165, 1.54) is 12.1 Å². The van der Waals surface area contributed by atoms with E-state index in [1.807, 2.05) is 0 Å². The first kappa shape index (κ1) is 17.4. The predicted octanol–water partition coefficient (Wildman–Crippen LogP) is 0.353. The minimum atomic E-state index is -3.73. The van der Waals surface area contributed by atoms with Crippen molar-refractivity contribution in [3.8, 4) is 0 Å². The smallest absolute Gasteiger partial charge is 0.311 e. The Balaban J connectivity index is 1.89. The Labute approximate surface area is 135 Å². The van der Waals surface area contributed by atoms with Gasteiger partial charge in [-0.3, -0.25) is 9.59 Å². The highest BCUT2D eigenvalue weighted by molar-refractivity contribution is 7.89. The van der Waals surface area contributed by atoms with Crippen LogP contribution in [-0.2, 0) is 26.2 Å². The highest BCUT2D eigenvalue weighted by Gasteiger charge is 2.22. The van der Waals surface area contributed by atoms with Gasteiger partial charge in [0.15, 0.2) is 0 Å². The van der Waals surface area contributed by atoms with Crippen LogP contribution >= 0.6 is 0 Å². The summed E-state index contributed by atoms with van der Waals surface area (Å²) in [6.45, 7) is 1.40. The molecule has 0 bridgehead atoms. The molecule has 0 aliphatic carbocycles. The number of rotatable bonds is 3. The fraction of sp³-hybridized carbons (Fsp3) is 0.467. The molecule has 0 saturated carbocycles. The third-order valence-corrected chi connectivity index (χ3v) is 4.72. The monoisotopic (exact) mass is 339 g/mol. The van der Waals surface area contributed by atoms with Crippen molar-refractivity contribution in [1.29, 1.82) is 0 Å². The first-order valence-electron chi connectivity index (χ1n) is 7.57. The number of primary sulfonamides is 1. The second-order valence-corrected chi connectivity index (χ2v) is 7.14. The lowest BCUT2D eigenvalue weighted by atomic mass is 10.2. The molecule has 1 aliphatic heterocycles. The molecule has 1 heterocycles. The van der Waals surface area contributed by atoms with E-state index < -0.39 is 21.8 Å². The third kappa shape index (κ3) is 5.04. The second-order valence-electron chi connectivity index (χ2n) is 5.58. The molecule has 0 unspecified atom stereocenters. The van der Waals surface area contributed by atoms with E-state index in [0.29, 0.717) is 18.7 Å². The van der Waals surface area contributed by atoms with Gasteiger partial charge in [0.2, 0.25) is 10.0 Å². The number of carbonyl (C=O) groups excluding carboxylic acids is 2. The van der Waals surface area contributed by atoms with Crippen molar-refractivity contribution < 1.29 is 18.0 Å². The van der Waals surface area contributed by atoms with E-state index in [2.05, 4.69) is 5.32 Å². The number of hydrogen-bond donors (Lipinski definition) is 2. The lowest BCUT2D eigenvalue weighted by molar-refractivity contribution is -0.145. The third-order valence-electron chi connectivity index (χ3n) is 3.79. The van der Waals surface area contributed by atoms with Gasteiger partial charge in [-0.05, 0) is 30.5 Å². The highest BCUT2D eigenvalue weighted by Crippen LogP contribution is 2.10. The number of nitrogens with one attached hydrogen (secondary N) is 1. The number of nitrogens with two attached hydrogens (primary N) is 1. The normalized spacial score (nSPS) is 15.8. The Bertz CT molecular complexity index is 662. The van der Waals surface area contributed by atoms with Crippen LogP contribution in [0.5, 0.6) is 0 Å². The Morgan fingerprint density at radius 3 is 2.13 bits per heavy atom. The minimum Gasteiger partial charge on any atom is -0.344 e. The molecular formula is C15H21N3O4S. The van der Waals surface area contributed by atoms with Crippen molar-refractivity contribution in [3.05, 3.63) is 29.8 Å². The number of benzene rings is 1. The SMILES string of the molecule is NS(=O)(=O)c1ccc(CNC(=O)C(=O)N2CCCCCC2)cc1. The summed E-state index contributed by atoms with van der Waals surface area (Å²) in [6.07, 6.45) is 4.02. The summed E-state index contributed by atoms with van der Waals surface area (Å²) >= 11 is 0. The number of amides is 2. The summed E-state index contributed by atoms with van der Waals surface area (Å²) in [4.78, 5) is 25.6. The van der Waals surface area contributed by atoms with Gasteiger partial charge in [-0.2, -0.15) is 0 Å². The number of hydrogen-bond acceptors (Lipinski definition) is 4. The largest absolute Gasteiger partial charge is 0.344 e. The summed E-state index contributed by atoms with van der Waals surface area (Å²) in [5, 5.41) is 7.58. The second kappa shape index (κ2) is 7.56. The van der Waals surface area contributed by atoms with Gasteiger partial charge in [-0.15, -0.1) is 0 Å². The van der Waals surface area contributed by atoms with E-state index in [9.17, 15) is 18.0 Å².